The number of anilines is 1. The van der Waals surface area contributed by atoms with Crippen molar-refractivity contribution in [1.82, 2.24) is 9.88 Å². The van der Waals surface area contributed by atoms with E-state index in [0.717, 1.165) is 36.3 Å². The lowest BCUT2D eigenvalue weighted by molar-refractivity contribution is 0.122. The van der Waals surface area contributed by atoms with Crippen LogP contribution in [0.25, 0.3) is 10.9 Å². The van der Waals surface area contributed by atoms with Gasteiger partial charge in [-0.3, -0.25) is 4.98 Å². The fourth-order valence-corrected chi connectivity index (χ4v) is 3.58. The Morgan fingerprint density at radius 1 is 1.24 bits per heavy atom. The van der Waals surface area contributed by atoms with Gasteiger partial charge < -0.3 is 19.7 Å². The van der Waals surface area contributed by atoms with Crippen LogP contribution >= 0.6 is 0 Å². The second kappa shape index (κ2) is 8.50. The summed E-state index contributed by atoms with van der Waals surface area (Å²) in [6.45, 7) is 7.33. The largest absolute Gasteiger partial charge is 0.494 e. The maximum Gasteiger partial charge on any atom is 0.145 e. The van der Waals surface area contributed by atoms with Crippen LogP contribution in [0.1, 0.15) is 18.4 Å². The second-order valence-corrected chi connectivity index (χ2v) is 6.83. The first kappa shape index (κ1) is 18.0. The summed E-state index contributed by atoms with van der Waals surface area (Å²) >= 11 is 0. The molecule has 2 heterocycles. The summed E-state index contributed by atoms with van der Waals surface area (Å²) in [6, 6.07) is 6.11. The number of pyridine rings is 1. The van der Waals surface area contributed by atoms with Gasteiger partial charge in [0.25, 0.3) is 0 Å². The number of nitrogens with zero attached hydrogens (tertiary/aromatic N) is 2. The van der Waals surface area contributed by atoms with E-state index in [-0.39, 0.29) is 0 Å². The van der Waals surface area contributed by atoms with E-state index in [0.29, 0.717) is 5.92 Å². The van der Waals surface area contributed by atoms with Gasteiger partial charge in [-0.15, -0.1) is 0 Å². The van der Waals surface area contributed by atoms with Crippen molar-refractivity contribution >= 4 is 16.6 Å². The quantitative estimate of drug-likeness (QED) is 0.836. The highest BCUT2D eigenvalue weighted by molar-refractivity contribution is 5.96. The highest BCUT2D eigenvalue weighted by Crippen LogP contribution is 2.31. The number of para-hydroxylation sites is 1. The van der Waals surface area contributed by atoms with Gasteiger partial charge in [-0.25, -0.2) is 0 Å². The zero-order valence-corrected chi connectivity index (χ0v) is 15.5. The lowest BCUT2D eigenvalue weighted by atomic mass is 9.96. The lowest BCUT2D eigenvalue weighted by Gasteiger charge is -2.32. The predicted molar refractivity (Wildman–Crippen MR) is 103 cm³/mol. The molecule has 1 N–H and O–H groups in total. The minimum Gasteiger partial charge on any atom is -0.494 e. The molecule has 25 heavy (non-hydrogen) atoms. The summed E-state index contributed by atoms with van der Waals surface area (Å²) in [5, 5.41) is 4.83. The Hall–Kier alpha value is -1.85. The molecule has 1 aliphatic rings. The van der Waals surface area contributed by atoms with Crippen molar-refractivity contribution in [1.29, 1.82) is 0 Å². The van der Waals surface area contributed by atoms with E-state index in [1.54, 1.807) is 14.2 Å². The van der Waals surface area contributed by atoms with Crippen molar-refractivity contribution in [3.8, 4) is 5.75 Å². The summed E-state index contributed by atoms with van der Waals surface area (Å²) in [6.07, 6.45) is 4.41. The number of fused-ring (bicyclic) bond motifs is 1. The van der Waals surface area contributed by atoms with E-state index in [9.17, 15) is 0 Å². The molecule has 0 spiro atoms. The number of rotatable bonds is 7. The van der Waals surface area contributed by atoms with Crippen LogP contribution in [0.15, 0.2) is 24.4 Å². The zero-order chi connectivity index (χ0) is 17.6. The van der Waals surface area contributed by atoms with Crippen LogP contribution in [-0.4, -0.2) is 56.9 Å². The number of piperidine rings is 1. The number of hydrogen-bond acceptors (Lipinski definition) is 5. The highest BCUT2D eigenvalue weighted by Gasteiger charge is 2.19. The third-order valence-electron chi connectivity index (χ3n) is 5.16. The van der Waals surface area contributed by atoms with Crippen molar-refractivity contribution in [3.05, 3.63) is 30.0 Å². The molecule has 0 amide bonds. The molecule has 0 bridgehead atoms. The van der Waals surface area contributed by atoms with Gasteiger partial charge in [0, 0.05) is 37.5 Å². The van der Waals surface area contributed by atoms with Gasteiger partial charge in [-0.1, -0.05) is 12.1 Å². The minimum absolute atomic E-state index is 0.715. The van der Waals surface area contributed by atoms with Gasteiger partial charge >= 0.3 is 0 Å². The van der Waals surface area contributed by atoms with Crippen LogP contribution in [0.4, 0.5) is 5.69 Å². The van der Waals surface area contributed by atoms with Crippen molar-refractivity contribution in [2.24, 2.45) is 5.92 Å². The average Bonchev–Trinajstić information content (AvgIpc) is 2.65. The first-order valence-electron chi connectivity index (χ1n) is 9.10. The Labute approximate surface area is 150 Å². The van der Waals surface area contributed by atoms with E-state index in [4.69, 9.17) is 9.47 Å². The number of likely N-dealkylation sites (tertiary alicyclic amines) is 1. The van der Waals surface area contributed by atoms with Crippen molar-refractivity contribution in [2.75, 3.05) is 52.3 Å². The summed E-state index contributed by atoms with van der Waals surface area (Å²) in [4.78, 5) is 7.06. The van der Waals surface area contributed by atoms with Crippen molar-refractivity contribution in [2.45, 2.75) is 19.8 Å². The Balaban J connectivity index is 1.65. The second-order valence-electron chi connectivity index (χ2n) is 6.83. The van der Waals surface area contributed by atoms with E-state index in [2.05, 4.69) is 28.2 Å². The summed E-state index contributed by atoms with van der Waals surface area (Å²) in [5.74, 6) is 1.54. The number of methoxy groups -OCH3 is 2. The van der Waals surface area contributed by atoms with Gasteiger partial charge in [0.15, 0.2) is 0 Å². The fourth-order valence-electron chi connectivity index (χ4n) is 3.58. The molecule has 1 fully saturated rings. The van der Waals surface area contributed by atoms with Gasteiger partial charge in [-0.05, 0) is 50.4 Å². The number of ether oxygens (including phenoxy) is 2. The number of hydrogen-bond donors (Lipinski definition) is 1. The molecule has 0 unspecified atom stereocenters. The van der Waals surface area contributed by atoms with Gasteiger partial charge in [0.05, 0.1) is 13.7 Å². The number of nitrogens with one attached hydrogen (secondary N) is 1. The predicted octanol–water partition coefficient (Wildman–Crippen LogP) is 3.32. The number of aromatic nitrogens is 1. The van der Waals surface area contributed by atoms with Crippen LogP contribution in [0.2, 0.25) is 0 Å². The standard InChI is InChI=1S/C20H29N3O2/c1-15-13-21-20-17(5-4-6-18(20)25-3)19(15)22-14-16-7-9-23(10-8-16)11-12-24-2/h4-6,13,16H,7-12,14H2,1-3H3,(H,21,22). The summed E-state index contributed by atoms with van der Waals surface area (Å²) in [7, 11) is 3.47. The van der Waals surface area contributed by atoms with E-state index in [1.165, 1.54) is 37.2 Å². The van der Waals surface area contributed by atoms with Gasteiger partial charge in [0.1, 0.15) is 11.3 Å². The molecule has 0 radical (unpaired) electrons. The average molecular weight is 343 g/mol. The maximum atomic E-state index is 5.45. The van der Waals surface area contributed by atoms with Crippen molar-refractivity contribution < 1.29 is 9.47 Å². The van der Waals surface area contributed by atoms with Gasteiger partial charge in [-0.2, -0.15) is 0 Å². The molecule has 0 aliphatic carbocycles. The van der Waals surface area contributed by atoms with Crippen LogP contribution in [-0.2, 0) is 4.74 Å². The monoisotopic (exact) mass is 343 g/mol. The van der Waals surface area contributed by atoms with Crippen LogP contribution < -0.4 is 10.1 Å². The molecule has 3 rings (SSSR count). The van der Waals surface area contributed by atoms with E-state index >= 15 is 0 Å². The molecule has 1 saturated heterocycles. The van der Waals surface area contributed by atoms with Crippen molar-refractivity contribution in [3.63, 3.8) is 0 Å². The lowest BCUT2D eigenvalue weighted by Crippen LogP contribution is -2.37. The maximum absolute atomic E-state index is 5.45. The molecule has 1 aliphatic heterocycles. The first-order valence-corrected chi connectivity index (χ1v) is 9.10. The third-order valence-corrected chi connectivity index (χ3v) is 5.16. The van der Waals surface area contributed by atoms with E-state index < -0.39 is 0 Å². The molecule has 0 atom stereocenters. The Morgan fingerprint density at radius 3 is 2.76 bits per heavy atom. The molecule has 2 aromatic rings. The van der Waals surface area contributed by atoms with E-state index in [1.807, 2.05) is 18.3 Å². The normalized spacial score (nSPS) is 16.3. The molecule has 1 aromatic heterocycles. The Kier molecular flexibility index (Phi) is 6.10. The smallest absolute Gasteiger partial charge is 0.145 e. The number of aryl methyl sites for hydroxylation is 1. The minimum atomic E-state index is 0.715. The molecule has 5 heteroatoms. The molecular formula is C20H29N3O2. The SMILES string of the molecule is COCCN1CCC(CNc2c(C)cnc3c(OC)cccc23)CC1. The summed E-state index contributed by atoms with van der Waals surface area (Å²) < 4.78 is 10.6. The van der Waals surface area contributed by atoms with Crippen LogP contribution in [0, 0.1) is 12.8 Å². The number of benzene rings is 1. The summed E-state index contributed by atoms with van der Waals surface area (Å²) in [5.41, 5.74) is 3.29. The van der Waals surface area contributed by atoms with Gasteiger partial charge in [0.2, 0.25) is 0 Å². The molecule has 0 saturated carbocycles. The molecule has 5 nitrogen and oxygen atoms in total. The molecular weight excluding hydrogens is 314 g/mol. The Morgan fingerprint density at radius 2 is 2.04 bits per heavy atom. The van der Waals surface area contributed by atoms with Crippen LogP contribution in [0.5, 0.6) is 5.75 Å². The zero-order valence-electron chi connectivity index (χ0n) is 15.5. The first-order chi connectivity index (χ1) is 12.2. The van der Waals surface area contributed by atoms with Crippen LogP contribution in [0.3, 0.4) is 0 Å². The third kappa shape index (κ3) is 4.22. The molecule has 1 aromatic carbocycles. The fraction of sp³-hybridized carbons (Fsp3) is 0.550. The Bertz CT molecular complexity index is 697. The molecule has 136 valence electrons. The highest BCUT2D eigenvalue weighted by atomic mass is 16.5. The topological polar surface area (TPSA) is 46.6 Å².